The van der Waals surface area contributed by atoms with Gasteiger partial charge in [0.1, 0.15) is 0 Å². The Hall–Kier alpha value is -1.93. The Bertz CT molecular complexity index is 433. The predicted molar refractivity (Wildman–Crippen MR) is 73.4 cm³/mol. The highest BCUT2D eigenvalue weighted by molar-refractivity contribution is 5.59. The fourth-order valence-corrected chi connectivity index (χ4v) is 1.64. The average Bonchev–Trinajstić information content (AvgIpc) is 2.46. The standard InChI is InChI=1S/C12H19N3O5/c1-18-8-6-14(7-9-19-2)12-10(15(16)17)4-5-11(13-12)20-3/h4-5H,6-9H2,1-3H3. The summed E-state index contributed by atoms with van der Waals surface area (Å²) >= 11 is 0. The van der Waals surface area contributed by atoms with Gasteiger partial charge in [0.25, 0.3) is 0 Å². The summed E-state index contributed by atoms with van der Waals surface area (Å²) in [5, 5.41) is 11.1. The van der Waals surface area contributed by atoms with Crippen molar-refractivity contribution in [2.24, 2.45) is 0 Å². The van der Waals surface area contributed by atoms with E-state index < -0.39 is 4.92 Å². The minimum absolute atomic E-state index is 0.0713. The van der Waals surface area contributed by atoms with Gasteiger partial charge in [0, 0.05) is 39.4 Å². The second-order valence-corrected chi connectivity index (χ2v) is 3.93. The molecule has 1 heterocycles. The van der Waals surface area contributed by atoms with Crippen LogP contribution in [0.4, 0.5) is 11.5 Å². The van der Waals surface area contributed by atoms with Crippen molar-refractivity contribution < 1.29 is 19.1 Å². The molecule has 0 aliphatic rings. The second kappa shape index (κ2) is 8.28. The Kier molecular flexibility index (Phi) is 6.68. The Morgan fingerprint density at radius 1 is 1.20 bits per heavy atom. The zero-order valence-electron chi connectivity index (χ0n) is 11.9. The van der Waals surface area contributed by atoms with Crippen molar-refractivity contribution >= 4 is 11.5 Å². The van der Waals surface area contributed by atoms with Gasteiger partial charge in [0.05, 0.1) is 25.2 Å². The van der Waals surface area contributed by atoms with Gasteiger partial charge in [0.15, 0.2) is 0 Å². The summed E-state index contributed by atoms with van der Waals surface area (Å²) in [6.07, 6.45) is 0. The maximum atomic E-state index is 11.1. The molecule has 0 fully saturated rings. The van der Waals surface area contributed by atoms with Gasteiger partial charge in [0.2, 0.25) is 11.7 Å². The van der Waals surface area contributed by atoms with E-state index in [1.165, 1.54) is 19.2 Å². The topological polar surface area (TPSA) is 87.0 Å². The van der Waals surface area contributed by atoms with E-state index in [2.05, 4.69) is 4.98 Å². The van der Waals surface area contributed by atoms with E-state index in [1.54, 1.807) is 19.1 Å². The number of methoxy groups -OCH3 is 3. The van der Waals surface area contributed by atoms with Gasteiger partial charge in [-0.3, -0.25) is 10.1 Å². The molecule has 1 aromatic heterocycles. The van der Waals surface area contributed by atoms with Crippen molar-refractivity contribution in [1.82, 2.24) is 4.98 Å². The van der Waals surface area contributed by atoms with Gasteiger partial charge in [-0.25, -0.2) is 0 Å². The van der Waals surface area contributed by atoms with Crippen LogP contribution < -0.4 is 9.64 Å². The molecule has 0 aliphatic carbocycles. The summed E-state index contributed by atoms with van der Waals surface area (Å²) in [6, 6.07) is 2.85. The van der Waals surface area contributed by atoms with Gasteiger partial charge in [-0.2, -0.15) is 4.98 Å². The minimum Gasteiger partial charge on any atom is -0.481 e. The normalized spacial score (nSPS) is 10.3. The number of nitrogens with zero attached hydrogens (tertiary/aromatic N) is 3. The van der Waals surface area contributed by atoms with Crippen molar-refractivity contribution in [2.45, 2.75) is 0 Å². The van der Waals surface area contributed by atoms with Crippen LogP contribution >= 0.6 is 0 Å². The van der Waals surface area contributed by atoms with Crippen LogP contribution in [0.2, 0.25) is 0 Å². The van der Waals surface area contributed by atoms with Crippen molar-refractivity contribution in [2.75, 3.05) is 52.5 Å². The molecule has 0 aliphatic heterocycles. The van der Waals surface area contributed by atoms with Crippen LogP contribution in [0, 0.1) is 10.1 Å². The summed E-state index contributed by atoms with van der Waals surface area (Å²) in [5.41, 5.74) is -0.0713. The van der Waals surface area contributed by atoms with E-state index in [9.17, 15) is 10.1 Å². The number of hydrogen-bond donors (Lipinski definition) is 0. The zero-order valence-corrected chi connectivity index (χ0v) is 11.9. The van der Waals surface area contributed by atoms with E-state index in [-0.39, 0.29) is 11.5 Å². The molecule has 0 aromatic carbocycles. The lowest BCUT2D eigenvalue weighted by Gasteiger charge is -2.22. The fraction of sp³-hybridized carbons (Fsp3) is 0.583. The number of pyridine rings is 1. The second-order valence-electron chi connectivity index (χ2n) is 3.93. The van der Waals surface area contributed by atoms with Crippen LogP contribution in [0.5, 0.6) is 5.88 Å². The summed E-state index contributed by atoms with van der Waals surface area (Å²) in [4.78, 5) is 16.6. The Morgan fingerprint density at radius 3 is 2.25 bits per heavy atom. The molecular formula is C12H19N3O5. The van der Waals surface area contributed by atoms with Crippen LogP contribution in [0.25, 0.3) is 0 Å². The van der Waals surface area contributed by atoms with Crippen LogP contribution in [0.3, 0.4) is 0 Å². The van der Waals surface area contributed by atoms with E-state index in [0.717, 1.165) is 0 Å². The number of nitro groups is 1. The number of aromatic nitrogens is 1. The van der Waals surface area contributed by atoms with Gasteiger partial charge in [-0.05, 0) is 0 Å². The van der Waals surface area contributed by atoms with Crippen molar-refractivity contribution in [3.05, 3.63) is 22.2 Å². The van der Waals surface area contributed by atoms with E-state index in [0.29, 0.717) is 32.2 Å². The fourth-order valence-electron chi connectivity index (χ4n) is 1.64. The summed E-state index contributed by atoms with van der Waals surface area (Å²) < 4.78 is 15.1. The van der Waals surface area contributed by atoms with Crippen molar-refractivity contribution in [3.8, 4) is 5.88 Å². The molecule has 1 rings (SSSR count). The lowest BCUT2D eigenvalue weighted by Crippen LogP contribution is -2.32. The van der Waals surface area contributed by atoms with Crippen LogP contribution in [0.15, 0.2) is 12.1 Å². The minimum atomic E-state index is -0.464. The first-order valence-corrected chi connectivity index (χ1v) is 6.06. The van der Waals surface area contributed by atoms with Crippen LogP contribution in [-0.2, 0) is 9.47 Å². The largest absolute Gasteiger partial charge is 0.481 e. The molecule has 112 valence electrons. The molecule has 0 N–H and O–H groups in total. The molecule has 0 unspecified atom stereocenters. The molecule has 0 saturated heterocycles. The molecule has 1 aromatic rings. The molecule has 0 saturated carbocycles. The first kappa shape index (κ1) is 16.1. The number of rotatable bonds is 9. The van der Waals surface area contributed by atoms with E-state index in [1.807, 2.05) is 0 Å². The first-order chi connectivity index (χ1) is 9.63. The first-order valence-electron chi connectivity index (χ1n) is 6.06. The summed E-state index contributed by atoms with van der Waals surface area (Å²) in [5.74, 6) is 0.578. The Balaban J connectivity index is 3.09. The molecule has 8 nitrogen and oxygen atoms in total. The van der Waals surface area contributed by atoms with Crippen LogP contribution in [0.1, 0.15) is 0 Å². The number of anilines is 1. The van der Waals surface area contributed by atoms with Crippen LogP contribution in [-0.4, -0.2) is 57.5 Å². The third kappa shape index (κ3) is 4.32. The van der Waals surface area contributed by atoms with Gasteiger partial charge < -0.3 is 19.1 Å². The Labute approximate surface area is 117 Å². The molecular weight excluding hydrogens is 266 g/mol. The predicted octanol–water partition coefficient (Wildman–Crippen LogP) is 1.10. The maximum Gasteiger partial charge on any atom is 0.311 e. The molecule has 0 atom stereocenters. The highest BCUT2D eigenvalue weighted by atomic mass is 16.6. The third-order valence-corrected chi connectivity index (χ3v) is 2.67. The van der Waals surface area contributed by atoms with Crippen molar-refractivity contribution in [3.63, 3.8) is 0 Å². The quantitative estimate of drug-likeness (QED) is 0.496. The molecule has 20 heavy (non-hydrogen) atoms. The third-order valence-electron chi connectivity index (χ3n) is 2.67. The highest BCUT2D eigenvalue weighted by Crippen LogP contribution is 2.28. The Morgan fingerprint density at radius 2 is 1.80 bits per heavy atom. The number of ether oxygens (including phenoxy) is 3. The van der Waals surface area contributed by atoms with E-state index in [4.69, 9.17) is 14.2 Å². The average molecular weight is 285 g/mol. The van der Waals surface area contributed by atoms with E-state index >= 15 is 0 Å². The SMILES string of the molecule is COCCN(CCOC)c1nc(OC)ccc1[N+](=O)[O-]. The van der Waals surface area contributed by atoms with Gasteiger partial charge >= 0.3 is 5.69 Å². The lowest BCUT2D eigenvalue weighted by atomic mass is 10.3. The maximum absolute atomic E-state index is 11.1. The highest BCUT2D eigenvalue weighted by Gasteiger charge is 2.22. The lowest BCUT2D eigenvalue weighted by molar-refractivity contribution is -0.384. The molecule has 8 heteroatoms. The smallest absolute Gasteiger partial charge is 0.311 e. The summed E-state index contributed by atoms with van der Waals surface area (Å²) in [6.45, 7) is 1.81. The van der Waals surface area contributed by atoms with Gasteiger partial charge in [-0.15, -0.1) is 0 Å². The monoisotopic (exact) mass is 285 g/mol. The molecule has 0 spiro atoms. The van der Waals surface area contributed by atoms with Crippen molar-refractivity contribution in [1.29, 1.82) is 0 Å². The molecule has 0 amide bonds. The zero-order chi connectivity index (χ0) is 15.0. The molecule has 0 radical (unpaired) electrons. The molecule has 0 bridgehead atoms. The summed E-state index contributed by atoms with van der Waals surface area (Å²) in [7, 11) is 4.61. The van der Waals surface area contributed by atoms with Gasteiger partial charge in [-0.1, -0.05) is 0 Å². The number of hydrogen-bond acceptors (Lipinski definition) is 7.